The van der Waals surface area contributed by atoms with Gasteiger partial charge in [0, 0.05) is 5.38 Å². The molecule has 4 rings (SSSR count). The van der Waals surface area contributed by atoms with Crippen LogP contribution in [0.1, 0.15) is 11.1 Å². The largest absolute Gasteiger partial charge is 0.497 e. The van der Waals surface area contributed by atoms with Crippen molar-refractivity contribution in [3.8, 4) is 17.0 Å². The van der Waals surface area contributed by atoms with Crippen molar-refractivity contribution in [2.75, 3.05) is 7.11 Å². The van der Waals surface area contributed by atoms with E-state index in [4.69, 9.17) is 9.73 Å². The van der Waals surface area contributed by atoms with Gasteiger partial charge in [0.25, 0.3) is 0 Å². The molecule has 1 aromatic heterocycles. The average molecular weight is 387 g/mol. The van der Waals surface area contributed by atoms with Crippen molar-refractivity contribution in [3.05, 3.63) is 100 Å². The fraction of sp³-hybridized carbons (Fsp3) is 0.125. The van der Waals surface area contributed by atoms with Crippen LogP contribution in [0.3, 0.4) is 0 Å². The van der Waals surface area contributed by atoms with Crippen molar-refractivity contribution in [3.63, 3.8) is 0 Å². The molecule has 0 aliphatic rings. The zero-order chi connectivity index (χ0) is 19.3. The van der Waals surface area contributed by atoms with Gasteiger partial charge in [-0.3, -0.25) is 0 Å². The van der Waals surface area contributed by atoms with Crippen LogP contribution in [0.5, 0.6) is 5.75 Å². The summed E-state index contributed by atoms with van der Waals surface area (Å²) in [6, 6.07) is 27.0. The molecule has 0 spiro atoms. The minimum atomic E-state index is 0.774. The van der Waals surface area contributed by atoms with Gasteiger partial charge < -0.3 is 9.30 Å². The molecule has 0 bridgehead atoms. The molecule has 4 heteroatoms. The maximum atomic E-state index is 5.30. The Morgan fingerprint density at radius 2 is 1.61 bits per heavy atom. The predicted octanol–water partition coefficient (Wildman–Crippen LogP) is 5.81. The zero-order valence-corrected chi connectivity index (χ0v) is 16.8. The first-order valence-electron chi connectivity index (χ1n) is 9.21. The molecule has 140 valence electrons. The third kappa shape index (κ3) is 4.07. The van der Waals surface area contributed by atoms with Crippen molar-refractivity contribution < 1.29 is 4.74 Å². The number of methoxy groups -OCH3 is 1. The minimum Gasteiger partial charge on any atom is -0.497 e. The molecule has 0 fully saturated rings. The molecular formula is C24H22N2OS. The topological polar surface area (TPSA) is 26.5 Å². The normalized spacial score (nSPS) is 11.6. The number of nitrogens with zero attached hydrogens (tertiary/aromatic N) is 2. The Balaban J connectivity index is 1.81. The van der Waals surface area contributed by atoms with Gasteiger partial charge in [0.15, 0.2) is 4.80 Å². The zero-order valence-electron chi connectivity index (χ0n) is 16.0. The molecule has 0 saturated heterocycles. The number of rotatable bonds is 5. The molecule has 0 radical (unpaired) electrons. The number of benzene rings is 3. The van der Waals surface area contributed by atoms with E-state index in [-0.39, 0.29) is 0 Å². The van der Waals surface area contributed by atoms with Gasteiger partial charge in [-0.25, -0.2) is 4.99 Å². The van der Waals surface area contributed by atoms with Gasteiger partial charge in [-0.05, 0) is 54.4 Å². The van der Waals surface area contributed by atoms with E-state index in [9.17, 15) is 0 Å². The van der Waals surface area contributed by atoms with Crippen molar-refractivity contribution in [1.29, 1.82) is 0 Å². The number of hydrogen-bond acceptors (Lipinski definition) is 3. The summed E-state index contributed by atoms with van der Waals surface area (Å²) in [5, 5.41) is 2.18. The summed E-state index contributed by atoms with van der Waals surface area (Å²) in [6.45, 7) is 2.86. The highest BCUT2D eigenvalue weighted by Crippen LogP contribution is 2.24. The van der Waals surface area contributed by atoms with Crippen LogP contribution in [0.25, 0.3) is 11.3 Å². The highest BCUT2D eigenvalue weighted by Gasteiger charge is 2.09. The lowest BCUT2D eigenvalue weighted by molar-refractivity contribution is 0.415. The Morgan fingerprint density at radius 3 is 2.29 bits per heavy atom. The van der Waals surface area contributed by atoms with Crippen molar-refractivity contribution >= 4 is 17.0 Å². The van der Waals surface area contributed by atoms with Crippen LogP contribution in [0.2, 0.25) is 0 Å². The van der Waals surface area contributed by atoms with Gasteiger partial charge in [0.05, 0.1) is 25.0 Å². The molecule has 0 saturated carbocycles. The van der Waals surface area contributed by atoms with Gasteiger partial charge in [-0.15, -0.1) is 11.3 Å². The Hall–Kier alpha value is -3.11. The number of aryl methyl sites for hydroxylation is 1. The summed E-state index contributed by atoms with van der Waals surface area (Å²) >= 11 is 1.66. The van der Waals surface area contributed by atoms with E-state index in [0.717, 1.165) is 34.0 Å². The third-order valence-electron chi connectivity index (χ3n) is 4.63. The molecule has 0 amide bonds. The Morgan fingerprint density at radius 1 is 0.893 bits per heavy atom. The monoisotopic (exact) mass is 386 g/mol. The van der Waals surface area contributed by atoms with Crippen LogP contribution in [-0.2, 0) is 6.54 Å². The van der Waals surface area contributed by atoms with Crippen LogP contribution in [-0.4, -0.2) is 11.7 Å². The Kier molecular flexibility index (Phi) is 5.40. The van der Waals surface area contributed by atoms with Gasteiger partial charge in [-0.1, -0.05) is 48.0 Å². The summed E-state index contributed by atoms with van der Waals surface area (Å²) in [7, 11) is 1.69. The molecule has 0 unspecified atom stereocenters. The van der Waals surface area contributed by atoms with E-state index in [1.54, 1.807) is 18.4 Å². The molecule has 3 nitrogen and oxygen atoms in total. The first-order chi connectivity index (χ1) is 13.7. The second kappa shape index (κ2) is 8.28. The predicted molar refractivity (Wildman–Crippen MR) is 116 cm³/mol. The minimum absolute atomic E-state index is 0.774. The van der Waals surface area contributed by atoms with Crippen LogP contribution < -0.4 is 9.54 Å². The van der Waals surface area contributed by atoms with Crippen LogP contribution in [0.4, 0.5) is 5.69 Å². The van der Waals surface area contributed by atoms with Crippen LogP contribution in [0.15, 0.2) is 89.2 Å². The maximum absolute atomic E-state index is 5.30. The van der Waals surface area contributed by atoms with Crippen LogP contribution >= 0.6 is 11.3 Å². The van der Waals surface area contributed by atoms with Crippen molar-refractivity contribution in [2.24, 2.45) is 4.99 Å². The Bertz CT molecular complexity index is 1110. The first-order valence-corrected chi connectivity index (χ1v) is 10.1. The molecule has 0 aliphatic heterocycles. The second-order valence-corrected chi connectivity index (χ2v) is 7.49. The van der Waals surface area contributed by atoms with E-state index >= 15 is 0 Å². The SMILES string of the molecule is COc1ccc(-c2csc(=Nc3ccc(C)cc3)n2Cc2ccccc2)cc1. The van der Waals surface area contributed by atoms with E-state index in [2.05, 4.69) is 77.5 Å². The molecule has 28 heavy (non-hydrogen) atoms. The number of thiazole rings is 1. The number of aromatic nitrogens is 1. The summed E-state index contributed by atoms with van der Waals surface area (Å²) in [6.07, 6.45) is 0. The standard InChI is InChI=1S/C24H22N2OS/c1-18-8-12-21(13-9-18)25-24-26(16-19-6-4-3-5-7-19)23(17-28-24)20-10-14-22(27-2)15-11-20/h3-15,17H,16H2,1-2H3. The fourth-order valence-corrected chi connectivity index (χ4v) is 3.99. The first kappa shape index (κ1) is 18.3. The van der Waals surface area contributed by atoms with E-state index in [1.807, 2.05) is 18.2 Å². The number of hydrogen-bond donors (Lipinski definition) is 0. The lowest BCUT2D eigenvalue weighted by atomic mass is 10.1. The average Bonchev–Trinajstić information content (AvgIpc) is 3.12. The third-order valence-corrected chi connectivity index (χ3v) is 5.49. The van der Waals surface area contributed by atoms with E-state index in [1.165, 1.54) is 11.1 Å². The van der Waals surface area contributed by atoms with Crippen molar-refractivity contribution in [2.45, 2.75) is 13.5 Å². The van der Waals surface area contributed by atoms with Gasteiger partial charge in [-0.2, -0.15) is 0 Å². The maximum Gasteiger partial charge on any atom is 0.190 e. The van der Waals surface area contributed by atoms with Crippen molar-refractivity contribution in [1.82, 2.24) is 4.57 Å². The van der Waals surface area contributed by atoms with Crippen LogP contribution in [0, 0.1) is 6.92 Å². The molecule has 0 atom stereocenters. The van der Waals surface area contributed by atoms with E-state index < -0.39 is 0 Å². The molecule has 1 heterocycles. The highest BCUT2D eigenvalue weighted by atomic mass is 32.1. The summed E-state index contributed by atoms with van der Waals surface area (Å²) in [5.74, 6) is 0.859. The van der Waals surface area contributed by atoms with Gasteiger partial charge in [0.1, 0.15) is 5.75 Å². The molecule has 3 aromatic carbocycles. The smallest absolute Gasteiger partial charge is 0.190 e. The quantitative estimate of drug-likeness (QED) is 0.425. The Labute approximate surface area is 169 Å². The second-order valence-electron chi connectivity index (χ2n) is 6.65. The molecule has 0 aliphatic carbocycles. The summed E-state index contributed by atoms with van der Waals surface area (Å²) < 4.78 is 7.58. The summed E-state index contributed by atoms with van der Waals surface area (Å²) in [5.41, 5.74) is 5.76. The summed E-state index contributed by atoms with van der Waals surface area (Å²) in [4.78, 5) is 5.90. The molecule has 0 N–H and O–H groups in total. The number of ether oxygens (including phenoxy) is 1. The lowest BCUT2D eigenvalue weighted by Crippen LogP contribution is -2.16. The highest BCUT2D eigenvalue weighted by molar-refractivity contribution is 7.07. The molecular weight excluding hydrogens is 364 g/mol. The van der Waals surface area contributed by atoms with Gasteiger partial charge >= 0.3 is 0 Å². The van der Waals surface area contributed by atoms with E-state index in [0.29, 0.717) is 0 Å². The van der Waals surface area contributed by atoms with Gasteiger partial charge in [0.2, 0.25) is 0 Å². The fourth-order valence-electron chi connectivity index (χ4n) is 3.06. The lowest BCUT2D eigenvalue weighted by Gasteiger charge is -2.10. The molecule has 4 aromatic rings.